The Morgan fingerprint density at radius 3 is 2.58 bits per heavy atom. The van der Waals surface area contributed by atoms with Crippen LogP contribution < -0.4 is 11.1 Å². The number of nitrogens with one attached hydrogen (secondary N) is 2. The highest BCUT2D eigenvalue weighted by atomic mass is 19.1. The molecule has 0 spiro atoms. The van der Waals surface area contributed by atoms with Gasteiger partial charge in [-0.3, -0.25) is 0 Å². The summed E-state index contributed by atoms with van der Waals surface area (Å²) in [5, 5.41) is 18.9. The number of aryl methyl sites for hydroxylation is 1. The molecule has 1 aromatic carbocycles. The molecule has 0 bridgehead atoms. The summed E-state index contributed by atoms with van der Waals surface area (Å²) >= 11 is 0. The van der Waals surface area contributed by atoms with Crippen LogP contribution >= 0.6 is 0 Å². The van der Waals surface area contributed by atoms with Crippen molar-refractivity contribution in [3.63, 3.8) is 0 Å². The Morgan fingerprint density at radius 1 is 1.27 bits per heavy atom. The molecular formula is C17H16F2N4O3. The summed E-state index contributed by atoms with van der Waals surface area (Å²) in [6, 6.07) is 4.89. The number of aromatic nitrogens is 3. The normalized spacial score (nSPS) is 11.6. The lowest BCUT2D eigenvalue weighted by atomic mass is 9.96. The maximum Gasteiger partial charge on any atom is 0.434 e. The number of pyridine rings is 1. The van der Waals surface area contributed by atoms with Gasteiger partial charge in [-0.2, -0.15) is 0 Å². The molecule has 0 saturated heterocycles. The molecule has 0 radical (unpaired) electrons. The van der Waals surface area contributed by atoms with Crippen LogP contribution in [0.4, 0.5) is 20.3 Å². The molecule has 0 fully saturated rings. The van der Waals surface area contributed by atoms with Crippen LogP contribution in [0.25, 0.3) is 11.5 Å². The summed E-state index contributed by atoms with van der Waals surface area (Å²) < 4.78 is 32.7. The van der Waals surface area contributed by atoms with Gasteiger partial charge in [0.2, 0.25) is 0 Å². The SMILES string of the molecule is Cc1nc(Nc2c(F)cc(F)cc2C(C)(C)O)ccc1-c1n[nH]c(=O)o1. The van der Waals surface area contributed by atoms with Crippen molar-refractivity contribution in [3.05, 3.63) is 57.7 Å². The number of benzene rings is 1. The lowest BCUT2D eigenvalue weighted by Gasteiger charge is -2.23. The van der Waals surface area contributed by atoms with Crippen molar-refractivity contribution in [2.24, 2.45) is 0 Å². The Bertz CT molecular complexity index is 1020. The number of nitrogens with zero attached hydrogens (tertiary/aromatic N) is 2. The van der Waals surface area contributed by atoms with Crippen LogP contribution in [0.1, 0.15) is 25.1 Å². The molecule has 3 rings (SSSR count). The van der Waals surface area contributed by atoms with Gasteiger partial charge in [0.25, 0.3) is 5.89 Å². The second-order valence-corrected chi connectivity index (χ2v) is 6.24. The lowest BCUT2D eigenvalue weighted by molar-refractivity contribution is 0.0787. The third-order valence-corrected chi connectivity index (χ3v) is 3.72. The molecule has 0 atom stereocenters. The number of hydrogen-bond acceptors (Lipinski definition) is 6. The molecule has 9 heteroatoms. The second-order valence-electron chi connectivity index (χ2n) is 6.24. The first-order valence-electron chi connectivity index (χ1n) is 7.67. The second kappa shape index (κ2) is 6.34. The monoisotopic (exact) mass is 362 g/mol. The zero-order valence-electron chi connectivity index (χ0n) is 14.2. The number of H-pyrrole nitrogens is 1. The van der Waals surface area contributed by atoms with E-state index in [9.17, 15) is 18.7 Å². The fraction of sp³-hybridized carbons (Fsp3) is 0.235. The smallest absolute Gasteiger partial charge is 0.388 e. The number of aromatic amines is 1. The van der Waals surface area contributed by atoms with Gasteiger partial charge in [-0.15, -0.1) is 5.10 Å². The number of rotatable bonds is 4. The first kappa shape index (κ1) is 17.7. The van der Waals surface area contributed by atoms with Crippen LogP contribution in [0.15, 0.2) is 33.5 Å². The van der Waals surface area contributed by atoms with E-state index in [1.165, 1.54) is 19.9 Å². The molecule has 2 aromatic heterocycles. The molecule has 0 aliphatic carbocycles. The minimum atomic E-state index is -1.47. The summed E-state index contributed by atoms with van der Waals surface area (Å²) in [5.41, 5.74) is -0.547. The van der Waals surface area contributed by atoms with Gasteiger partial charge in [0.15, 0.2) is 0 Å². The van der Waals surface area contributed by atoms with E-state index in [0.29, 0.717) is 11.3 Å². The van der Waals surface area contributed by atoms with Crippen molar-refractivity contribution in [3.8, 4) is 11.5 Å². The van der Waals surface area contributed by atoms with E-state index in [4.69, 9.17) is 4.42 Å². The molecule has 0 unspecified atom stereocenters. The molecule has 0 aliphatic rings. The molecular weight excluding hydrogens is 346 g/mol. The number of halogens is 2. The fourth-order valence-electron chi connectivity index (χ4n) is 2.51. The van der Waals surface area contributed by atoms with Crippen LogP contribution in [0.2, 0.25) is 0 Å². The predicted molar refractivity (Wildman–Crippen MR) is 90.0 cm³/mol. The topological polar surface area (TPSA) is 104 Å². The van der Waals surface area contributed by atoms with Gasteiger partial charge in [-0.05, 0) is 39.0 Å². The van der Waals surface area contributed by atoms with Gasteiger partial charge < -0.3 is 14.8 Å². The molecule has 7 nitrogen and oxygen atoms in total. The van der Waals surface area contributed by atoms with Crippen molar-refractivity contribution < 1.29 is 18.3 Å². The predicted octanol–water partition coefficient (Wildman–Crippen LogP) is 2.98. The van der Waals surface area contributed by atoms with E-state index >= 15 is 0 Å². The lowest BCUT2D eigenvalue weighted by Crippen LogP contribution is -2.19. The van der Waals surface area contributed by atoms with Crippen molar-refractivity contribution >= 4 is 11.5 Å². The van der Waals surface area contributed by atoms with Crippen LogP contribution in [-0.2, 0) is 5.60 Å². The van der Waals surface area contributed by atoms with Gasteiger partial charge in [0, 0.05) is 11.6 Å². The summed E-state index contributed by atoms with van der Waals surface area (Å²) in [7, 11) is 0. The average molecular weight is 362 g/mol. The Hall–Kier alpha value is -3.07. The first-order chi connectivity index (χ1) is 12.1. The first-order valence-corrected chi connectivity index (χ1v) is 7.67. The van der Waals surface area contributed by atoms with Gasteiger partial charge in [-0.1, -0.05) is 0 Å². The fourth-order valence-corrected chi connectivity index (χ4v) is 2.51. The summed E-state index contributed by atoms with van der Waals surface area (Å²) in [5.74, 6) is -2.00. The highest BCUT2D eigenvalue weighted by Gasteiger charge is 2.24. The molecule has 3 aromatic rings. The molecule has 0 saturated carbocycles. The molecule has 0 aliphatic heterocycles. The van der Waals surface area contributed by atoms with E-state index in [1.54, 1.807) is 13.0 Å². The van der Waals surface area contributed by atoms with E-state index in [2.05, 4.69) is 20.5 Å². The van der Waals surface area contributed by atoms with E-state index in [1.807, 2.05) is 0 Å². The minimum Gasteiger partial charge on any atom is -0.388 e. The number of hydrogen-bond donors (Lipinski definition) is 3. The van der Waals surface area contributed by atoms with Crippen LogP contribution in [-0.4, -0.2) is 20.3 Å². The minimum absolute atomic E-state index is 0.0526. The number of aliphatic hydroxyl groups is 1. The van der Waals surface area contributed by atoms with E-state index in [0.717, 1.165) is 12.1 Å². The van der Waals surface area contributed by atoms with Crippen LogP contribution in [0, 0.1) is 18.6 Å². The molecule has 2 heterocycles. The Morgan fingerprint density at radius 2 is 2.00 bits per heavy atom. The van der Waals surface area contributed by atoms with Crippen LogP contribution in [0.5, 0.6) is 0 Å². The maximum atomic E-state index is 14.3. The Kier molecular flexibility index (Phi) is 4.33. The van der Waals surface area contributed by atoms with Gasteiger partial charge in [0.05, 0.1) is 22.5 Å². The van der Waals surface area contributed by atoms with Gasteiger partial charge in [0.1, 0.15) is 17.5 Å². The van der Waals surface area contributed by atoms with E-state index in [-0.39, 0.29) is 23.0 Å². The Balaban J connectivity index is 2.00. The highest BCUT2D eigenvalue weighted by molar-refractivity contribution is 5.65. The average Bonchev–Trinajstić information content (AvgIpc) is 2.95. The Labute approximate surface area is 146 Å². The van der Waals surface area contributed by atoms with Crippen molar-refractivity contribution in [1.82, 2.24) is 15.2 Å². The quantitative estimate of drug-likeness (QED) is 0.659. The molecule has 26 heavy (non-hydrogen) atoms. The summed E-state index contributed by atoms with van der Waals surface area (Å²) in [4.78, 5) is 15.3. The summed E-state index contributed by atoms with van der Waals surface area (Å²) in [6.45, 7) is 4.51. The third kappa shape index (κ3) is 3.47. The largest absolute Gasteiger partial charge is 0.434 e. The van der Waals surface area contributed by atoms with Crippen molar-refractivity contribution in [1.29, 1.82) is 0 Å². The highest BCUT2D eigenvalue weighted by Crippen LogP contribution is 2.33. The maximum absolute atomic E-state index is 14.3. The zero-order chi connectivity index (χ0) is 19.1. The molecule has 3 N–H and O–H groups in total. The van der Waals surface area contributed by atoms with Gasteiger partial charge >= 0.3 is 5.76 Å². The molecule has 136 valence electrons. The third-order valence-electron chi connectivity index (χ3n) is 3.72. The zero-order valence-corrected chi connectivity index (χ0v) is 14.2. The van der Waals surface area contributed by atoms with Crippen molar-refractivity contribution in [2.45, 2.75) is 26.4 Å². The van der Waals surface area contributed by atoms with Crippen LogP contribution in [0.3, 0.4) is 0 Å². The summed E-state index contributed by atoms with van der Waals surface area (Å²) in [6.07, 6.45) is 0. The van der Waals surface area contributed by atoms with E-state index < -0.39 is 23.0 Å². The van der Waals surface area contributed by atoms with Gasteiger partial charge in [-0.25, -0.2) is 23.7 Å². The number of anilines is 2. The standard InChI is InChI=1S/C17H16F2N4O3/c1-8-10(15-22-23-16(24)26-15)4-5-13(20-8)21-14-11(17(2,3)25)6-9(18)7-12(14)19/h4-7,25H,1-3H3,(H,20,21)(H,23,24). The molecule has 0 amide bonds. The van der Waals surface area contributed by atoms with Crippen molar-refractivity contribution in [2.75, 3.05) is 5.32 Å².